The van der Waals surface area contributed by atoms with Gasteiger partial charge in [0, 0.05) is 5.92 Å². The minimum Gasteiger partial charge on any atom is -0.324 e. The zero-order valence-electron chi connectivity index (χ0n) is 11.1. The van der Waals surface area contributed by atoms with Gasteiger partial charge >= 0.3 is 0 Å². The number of aryl methyl sites for hydroxylation is 1. The minimum atomic E-state index is 0.0837. The first kappa shape index (κ1) is 13.3. The van der Waals surface area contributed by atoms with Gasteiger partial charge in [-0.05, 0) is 52.9 Å². The van der Waals surface area contributed by atoms with Crippen LogP contribution in [0, 0.1) is 12.8 Å². The van der Waals surface area contributed by atoms with Gasteiger partial charge in [-0.15, -0.1) is 0 Å². The number of rotatable bonds is 3. The first-order valence-electron chi connectivity index (χ1n) is 6.64. The predicted octanol–water partition coefficient (Wildman–Crippen LogP) is 3.89. The number of pyridine rings is 1. The maximum Gasteiger partial charge on any atom is 0.228 e. The molecule has 2 unspecified atom stereocenters. The van der Waals surface area contributed by atoms with Crippen LogP contribution in [-0.2, 0) is 4.79 Å². The normalized spacial score (nSPS) is 20.5. The van der Waals surface area contributed by atoms with Crippen LogP contribution < -0.4 is 5.32 Å². The Balaban J connectivity index is 1.67. The second-order valence-corrected chi connectivity index (χ2v) is 5.93. The number of nitrogens with zero attached hydrogens (tertiary/aromatic N) is 1. The summed E-state index contributed by atoms with van der Waals surface area (Å²) in [7, 11) is 0. The SMILES string of the molecule is Cc1nc(Br)ccc1NC(=O)C1CC1c1ccccc1. The maximum atomic E-state index is 12.2. The van der Waals surface area contributed by atoms with Crippen LogP contribution >= 0.6 is 15.9 Å². The van der Waals surface area contributed by atoms with Crippen molar-refractivity contribution in [2.75, 3.05) is 5.32 Å². The van der Waals surface area contributed by atoms with E-state index in [1.165, 1.54) is 5.56 Å². The Morgan fingerprint density at radius 2 is 2.00 bits per heavy atom. The van der Waals surface area contributed by atoms with Gasteiger partial charge in [-0.3, -0.25) is 4.79 Å². The van der Waals surface area contributed by atoms with E-state index < -0.39 is 0 Å². The van der Waals surface area contributed by atoms with Crippen molar-refractivity contribution >= 4 is 27.5 Å². The topological polar surface area (TPSA) is 42.0 Å². The van der Waals surface area contributed by atoms with E-state index in [9.17, 15) is 4.79 Å². The van der Waals surface area contributed by atoms with Gasteiger partial charge in [0.15, 0.2) is 0 Å². The molecule has 102 valence electrons. The average molecular weight is 331 g/mol. The van der Waals surface area contributed by atoms with E-state index in [0.717, 1.165) is 22.4 Å². The van der Waals surface area contributed by atoms with Crippen molar-refractivity contribution in [1.29, 1.82) is 0 Å². The third-order valence-corrected chi connectivity index (χ3v) is 4.11. The lowest BCUT2D eigenvalue weighted by Crippen LogP contribution is -2.15. The highest BCUT2D eigenvalue weighted by Gasteiger charge is 2.43. The Kier molecular flexibility index (Phi) is 3.57. The number of aromatic nitrogens is 1. The van der Waals surface area contributed by atoms with Crippen LogP contribution in [0.2, 0.25) is 0 Å². The third-order valence-electron chi connectivity index (χ3n) is 3.66. The first-order chi connectivity index (χ1) is 9.65. The molecule has 1 amide bonds. The van der Waals surface area contributed by atoms with E-state index in [1.54, 1.807) is 0 Å². The molecule has 1 aliphatic rings. The molecule has 1 aromatic heterocycles. The summed E-state index contributed by atoms with van der Waals surface area (Å²) in [5, 5.41) is 2.98. The number of benzene rings is 1. The zero-order valence-corrected chi connectivity index (χ0v) is 12.7. The summed E-state index contributed by atoms with van der Waals surface area (Å²) in [6.45, 7) is 1.89. The van der Waals surface area contributed by atoms with Gasteiger partial charge in [0.05, 0.1) is 11.4 Å². The number of carbonyl (C=O) groups is 1. The predicted molar refractivity (Wildman–Crippen MR) is 82.6 cm³/mol. The minimum absolute atomic E-state index is 0.0837. The van der Waals surface area contributed by atoms with Gasteiger partial charge in [0.1, 0.15) is 4.60 Å². The number of hydrogen-bond donors (Lipinski definition) is 1. The molecule has 4 heteroatoms. The molecule has 0 bridgehead atoms. The highest BCUT2D eigenvalue weighted by atomic mass is 79.9. The smallest absolute Gasteiger partial charge is 0.228 e. The van der Waals surface area contributed by atoms with Gasteiger partial charge in [0.25, 0.3) is 0 Å². The summed E-state index contributed by atoms with van der Waals surface area (Å²) >= 11 is 3.32. The molecule has 1 heterocycles. The van der Waals surface area contributed by atoms with Gasteiger partial charge in [-0.1, -0.05) is 30.3 Å². The average Bonchev–Trinajstić information content (AvgIpc) is 3.23. The van der Waals surface area contributed by atoms with Crippen molar-refractivity contribution in [2.24, 2.45) is 5.92 Å². The van der Waals surface area contributed by atoms with E-state index >= 15 is 0 Å². The van der Waals surface area contributed by atoms with Crippen LogP contribution in [-0.4, -0.2) is 10.9 Å². The number of nitrogens with one attached hydrogen (secondary N) is 1. The van der Waals surface area contributed by atoms with Crippen molar-refractivity contribution in [3.05, 3.63) is 58.3 Å². The molecule has 1 fully saturated rings. The fourth-order valence-corrected chi connectivity index (χ4v) is 2.84. The standard InChI is InChI=1S/C16H15BrN2O/c1-10-14(7-8-15(17)18-10)19-16(20)13-9-12(13)11-5-3-2-4-6-11/h2-8,12-13H,9H2,1H3,(H,19,20). The fourth-order valence-electron chi connectivity index (χ4n) is 2.44. The summed E-state index contributed by atoms with van der Waals surface area (Å²) in [6.07, 6.45) is 0.929. The van der Waals surface area contributed by atoms with Gasteiger partial charge in [-0.2, -0.15) is 0 Å². The third kappa shape index (κ3) is 2.75. The highest BCUT2D eigenvalue weighted by Crippen LogP contribution is 2.47. The molecule has 1 aromatic carbocycles. The van der Waals surface area contributed by atoms with Crippen LogP contribution in [0.1, 0.15) is 23.6 Å². The molecular formula is C16H15BrN2O. The highest BCUT2D eigenvalue weighted by molar-refractivity contribution is 9.10. The maximum absolute atomic E-state index is 12.2. The van der Waals surface area contributed by atoms with Crippen LogP contribution in [0.15, 0.2) is 47.1 Å². The first-order valence-corrected chi connectivity index (χ1v) is 7.43. The number of hydrogen-bond acceptors (Lipinski definition) is 2. The van der Waals surface area contributed by atoms with E-state index in [0.29, 0.717) is 5.92 Å². The van der Waals surface area contributed by atoms with Crippen molar-refractivity contribution in [1.82, 2.24) is 4.98 Å². The van der Waals surface area contributed by atoms with Crippen molar-refractivity contribution in [3.63, 3.8) is 0 Å². The lowest BCUT2D eigenvalue weighted by Gasteiger charge is -2.08. The van der Waals surface area contributed by atoms with Crippen LogP contribution in [0.25, 0.3) is 0 Å². The monoisotopic (exact) mass is 330 g/mol. The number of amides is 1. The number of carbonyl (C=O) groups excluding carboxylic acids is 1. The molecule has 0 aliphatic heterocycles. The molecule has 0 spiro atoms. The van der Waals surface area contributed by atoms with Crippen LogP contribution in [0.5, 0.6) is 0 Å². The summed E-state index contributed by atoms with van der Waals surface area (Å²) < 4.78 is 0.779. The quantitative estimate of drug-likeness (QED) is 0.867. The summed E-state index contributed by atoms with van der Waals surface area (Å²) in [6, 6.07) is 13.9. The Bertz CT molecular complexity index is 642. The molecule has 1 N–H and O–H groups in total. The van der Waals surface area contributed by atoms with E-state index in [4.69, 9.17) is 0 Å². The Morgan fingerprint density at radius 1 is 1.25 bits per heavy atom. The Hall–Kier alpha value is -1.68. The molecule has 2 aromatic rings. The van der Waals surface area contributed by atoms with Crippen molar-refractivity contribution < 1.29 is 4.79 Å². The zero-order chi connectivity index (χ0) is 14.1. The van der Waals surface area contributed by atoms with Crippen molar-refractivity contribution in [3.8, 4) is 0 Å². The van der Waals surface area contributed by atoms with Gasteiger partial charge < -0.3 is 5.32 Å². The van der Waals surface area contributed by atoms with Crippen molar-refractivity contribution in [2.45, 2.75) is 19.3 Å². The van der Waals surface area contributed by atoms with Gasteiger partial charge in [-0.25, -0.2) is 4.98 Å². The molecule has 20 heavy (non-hydrogen) atoms. The molecule has 3 nitrogen and oxygen atoms in total. The summed E-state index contributed by atoms with van der Waals surface area (Å²) in [4.78, 5) is 16.5. The van der Waals surface area contributed by atoms with E-state index in [2.05, 4.69) is 38.4 Å². The van der Waals surface area contributed by atoms with Gasteiger partial charge in [0.2, 0.25) is 5.91 Å². The Morgan fingerprint density at radius 3 is 2.70 bits per heavy atom. The fraction of sp³-hybridized carbons (Fsp3) is 0.250. The molecule has 1 aliphatic carbocycles. The molecule has 0 radical (unpaired) electrons. The lowest BCUT2D eigenvalue weighted by molar-refractivity contribution is -0.117. The molecule has 2 atom stereocenters. The molecule has 1 saturated carbocycles. The van der Waals surface area contributed by atoms with E-state index in [1.807, 2.05) is 37.3 Å². The largest absolute Gasteiger partial charge is 0.324 e. The number of anilines is 1. The molecule has 0 saturated heterocycles. The summed E-state index contributed by atoms with van der Waals surface area (Å²) in [5.41, 5.74) is 2.86. The molecular weight excluding hydrogens is 316 g/mol. The second kappa shape index (κ2) is 5.37. The Labute approximate surface area is 126 Å². The second-order valence-electron chi connectivity index (χ2n) is 5.12. The summed E-state index contributed by atoms with van der Waals surface area (Å²) in [5.74, 6) is 0.534. The van der Waals surface area contributed by atoms with E-state index in [-0.39, 0.29) is 11.8 Å². The molecule has 3 rings (SSSR count). The lowest BCUT2D eigenvalue weighted by atomic mass is 10.1. The van der Waals surface area contributed by atoms with Crippen LogP contribution in [0.4, 0.5) is 5.69 Å². The number of halogens is 1. The van der Waals surface area contributed by atoms with Crippen LogP contribution in [0.3, 0.4) is 0 Å².